The largest absolute Gasteiger partial charge is 0.381 e. The van der Waals surface area contributed by atoms with Crippen molar-refractivity contribution >= 4 is 0 Å². The van der Waals surface area contributed by atoms with E-state index >= 15 is 0 Å². The molecule has 1 saturated heterocycles. The molecule has 1 aliphatic heterocycles. The molecule has 124 valence electrons. The second-order valence-corrected chi connectivity index (χ2v) is 7.73. The highest BCUT2D eigenvalue weighted by Gasteiger charge is 2.35. The zero-order valence-corrected chi connectivity index (χ0v) is 14.5. The predicted octanol–water partition coefficient (Wildman–Crippen LogP) is 3.15. The Morgan fingerprint density at radius 1 is 1.24 bits per heavy atom. The van der Waals surface area contributed by atoms with Crippen LogP contribution in [-0.4, -0.2) is 51.3 Å². The summed E-state index contributed by atoms with van der Waals surface area (Å²) in [6, 6.07) is 0. The molecule has 2 atom stereocenters. The zero-order valence-electron chi connectivity index (χ0n) is 14.5. The van der Waals surface area contributed by atoms with Crippen LogP contribution in [-0.2, 0) is 4.74 Å². The number of ether oxygens (including phenoxy) is 1. The van der Waals surface area contributed by atoms with E-state index in [2.05, 4.69) is 31.1 Å². The summed E-state index contributed by atoms with van der Waals surface area (Å²) in [6.07, 6.45) is 8.15. The Morgan fingerprint density at radius 3 is 2.67 bits per heavy atom. The van der Waals surface area contributed by atoms with Gasteiger partial charge in [0.15, 0.2) is 0 Å². The summed E-state index contributed by atoms with van der Waals surface area (Å²) >= 11 is 0. The summed E-state index contributed by atoms with van der Waals surface area (Å²) in [5.74, 6) is 1.75. The molecule has 0 aromatic heterocycles. The highest BCUT2D eigenvalue weighted by Crippen LogP contribution is 2.39. The van der Waals surface area contributed by atoms with Gasteiger partial charge in [-0.1, -0.05) is 26.7 Å². The van der Waals surface area contributed by atoms with E-state index in [1.165, 1.54) is 58.2 Å². The van der Waals surface area contributed by atoms with E-state index in [1.807, 2.05) is 0 Å². The first-order chi connectivity index (χ1) is 10.1. The molecular formula is C18H36N2O. The Morgan fingerprint density at radius 2 is 2.00 bits per heavy atom. The van der Waals surface area contributed by atoms with Crippen LogP contribution in [0.4, 0.5) is 0 Å². The molecule has 0 spiro atoms. The Kier molecular flexibility index (Phi) is 6.97. The maximum atomic E-state index is 5.49. The van der Waals surface area contributed by atoms with Crippen LogP contribution in [0.1, 0.15) is 52.4 Å². The first kappa shape index (κ1) is 17.2. The van der Waals surface area contributed by atoms with Gasteiger partial charge in [-0.3, -0.25) is 0 Å². The topological polar surface area (TPSA) is 24.5 Å². The predicted molar refractivity (Wildman–Crippen MR) is 89.6 cm³/mol. The molecule has 1 aliphatic carbocycles. The molecule has 3 nitrogen and oxygen atoms in total. The van der Waals surface area contributed by atoms with Crippen molar-refractivity contribution in [2.75, 3.05) is 46.4 Å². The van der Waals surface area contributed by atoms with Gasteiger partial charge in [-0.25, -0.2) is 0 Å². The van der Waals surface area contributed by atoms with Crippen molar-refractivity contribution in [1.29, 1.82) is 0 Å². The maximum Gasteiger partial charge on any atom is 0.0469 e. The molecule has 1 heterocycles. The van der Waals surface area contributed by atoms with Crippen LogP contribution in [0.25, 0.3) is 0 Å². The van der Waals surface area contributed by atoms with Gasteiger partial charge in [0.2, 0.25) is 0 Å². The third kappa shape index (κ3) is 5.54. The molecule has 0 aromatic carbocycles. The molecule has 0 amide bonds. The third-order valence-electron chi connectivity index (χ3n) is 5.45. The first-order valence-corrected chi connectivity index (χ1v) is 9.10. The minimum Gasteiger partial charge on any atom is -0.381 e. The summed E-state index contributed by atoms with van der Waals surface area (Å²) in [5, 5.41) is 3.64. The van der Waals surface area contributed by atoms with E-state index in [0.717, 1.165) is 31.6 Å². The van der Waals surface area contributed by atoms with E-state index in [4.69, 9.17) is 4.74 Å². The van der Waals surface area contributed by atoms with Crippen LogP contribution in [0.5, 0.6) is 0 Å². The van der Waals surface area contributed by atoms with Crippen LogP contribution in [0, 0.1) is 17.3 Å². The van der Waals surface area contributed by atoms with Crippen molar-refractivity contribution in [1.82, 2.24) is 10.2 Å². The van der Waals surface area contributed by atoms with Crippen molar-refractivity contribution in [3.05, 3.63) is 0 Å². The molecule has 1 saturated carbocycles. The van der Waals surface area contributed by atoms with Gasteiger partial charge >= 0.3 is 0 Å². The van der Waals surface area contributed by atoms with Gasteiger partial charge in [0.25, 0.3) is 0 Å². The number of rotatable bonds is 7. The molecule has 3 heteroatoms. The summed E-state index contributed by atoms with van der Waals surface area (Å²) < 4.78 is 5.49. The summed E-state index contributed by atoms with van der Waals surface area (Å²) in [7, 11) is 2.34. The van der Waals surface area contributed by atoms with Crippen molar-refractivity contribution in [3.8, 4) is 0 Å². The second kappa shape index (κ2) is 8.50. The molecule has 0 radical (unpaired) electrons. The van der Waals surface area contributed by atoms with Gasteiger partial charge in [0.05, 0.1) is 0 Å². The third-order valence-corrected chi connectivity index (χ3v) is 5.45. The van der Waals surface area contributed by atoms with Crippen LogP contribution < -0.4 is 5.32 Å². The monoisotopic (exact) mass is 296 g/mol. The molecule has 0 aromatic rings. The average molecular weight is 296 g/mol. The van der Waals surface area contributed by atoms with Gasteiger partial charge in [-0.2, -0.15) is 0 Å². The molecule has 2 unspecified atom stereocenters. The van der Waals surface area contributed by atoms with E-state index in [0.29, 0.717) is 5.41 Å². The summed E-state index contributed by atoms with van der Waals surface area (Å²) in [6.45, 7) is 11.4. The Bertz CT molecular complexity index is 291. The average Bonchev–Trinajstić information content (AvgIpc) is 2.46. The van der Waals surface area contributed by atoms with Crippen LogP contribution in [0.2, 0.25) is 0 Å². The number of hydrogen-bond acceptors (Lipinski definition) is 3. The molecule has 2 rings (SSSR count). The molecular weight excluding hydrogens is 260 g/mol. The Hall–Kier alpha value is -0.120. The smallest absolute Gasteiger partial charge is 0.0469 e. The summed E-state index contributed by atoms with van der Waals surface area (Å²) in [5.41, 5.74) is 0.508. The van der Waals surface area contributed by atoms with E-state index in [-0.39, 0.29) is 0 Å². The molecule has 21 heavy (non-hydrogen) atoms. The fourth-order valence-corrected chi connectivity index (χ4v) is 4.53. The zero-order chi connectivity index (χ0) is 15.1. The van der Waals surface area contributed by atoms with Crippen molar-refractivity contribution in [2.24, 2.45) is 17.3 Å². The quantitative estimate of drug-likeness (QED) is 0.781. The van der Waals surface area contributed by atoms with Crippen molar-refractivity contribution < 1.29 is 4.74 Å². The van der Waals surface area contributed by atoms with Crippen LogP contribution in [0.3, 0.4) is 0 Å². The SMILES string of the molecule is CCNCC1(CN(C)CC2CCOCC2)CCCC(C)C1. The number of hydrogen-bond donors (Lipinski definition) is 1. The second-order valence-electron chi connectivity index (χ2n) is 7.73. The molecule has 0 bridgehead atoms. The number of nitrogens with one attached hydrogen (secondary N) is 1. The fraction of sp³-hybridized carbons (Fsp3) is 1.00. The van der Waals surface area contributed by atoms with E-state index in [1.54, 1.807) is 0 Å². The molecule has 2 fully saturated rings. The lowest BCUT2D eigenvalue weighted by molar-refractivity contribution is 0.0407. The minimum absolute atomic E-state index is 0.508. The lowest BCUT2D eigenvalue weighted by Gasteiger charge is -2.43. The first-order valence-electron chi connectivity index (χ1n) is 9.10. The standard InChI is InChI=1S/C18H36N2O/c1-4-19-14-18(9-5-6-16(2)12-18)15-20(3)13-17-7-10-21-11-8-17/h16-17,19H,4-15H2,1-3H3. The molecule has 1 N–H and O–H groups in total. The van der Waals surface area contributed by atoms with E-state index in [9.17, 15) is 0 Å². The van der Waals surface area contributed by atoms with Gasteiger partial charge in [0, 0.05) is 32.8 Å². The summed E-state index contributed by atoms with van der Waals surface area (Å²) in [4.78, 5) is 2.62. The van der Waals surface area contributed by atoms with Crippen molar-refractivity contribution in [2.45, 2.75) is 52.4 Å². The Balaban J connectivity index is 1.87. The van der Waals surface area contributed by atoms with E-state index < -0.39 is 0 Å². The van der Waals surface area contributed by atoms with Crippen LogP contribution >= 0.6 is 0 Å². The highest BCUT2D eigenvalue weighted by atomic mass is 16.5. The maximum absolute atomic E-state index is 5.49. The number of nitrogens with zero attached hydrogens (tertiary/aromatic N) is 1. The molecule has 2 aliphatic rings. The van der Waals surface area contributed by atoms with Crippen molar-refractivity contribution in [3.63, 3.8) is 0 Å². The van der Waals surface area contributed by atoms with Gasteiger partial charge < -0.3 is 15.0 Å². The van der Waals surface area contributed by atoms with Gasteiger partial charge in [-0.15, -0.1) is 0 Å². The fourth-order valence-electron chi connectivity index (χ4n) is 4.53. The normalized spacial score (nSPS) is 31.7. The van der Waals surface area contributed by atoms with Gasteiger partial charge in [-0.05, 0) is 56.5 Å². The van der Waals surface area contributed by atoms with Gasteiger partial charge in [0.1, 0.15) is 0 Å². The lowest BCUT2D eigenvalue weighted by Crippen LogP contribution is -2.46. The highest BCUT2D eigenvalue weighted by molar-refractivity contribution is 4.89. The lowest BCUT2D eigenvalue weighted by atomic mass is 9.69. The Labute approximate surface area is 131 Å². The minimum atomic E-state index is 0.508. The van der Waals surface area contributed by atoms with Crippen LogP contribution in [0.15, 0.2) is 0 Å².